The molecule has 0 aliphatic heterocycles. The number of thioether (sulfide) groups is 1. The van der Waals surface area contributed by atoms with Crippen molar-refractivity contribution < 1.29 is 8.91 Å². The van der Waals surface area contributed by atoms with E-state index in [1.807, 2.05) is 0 Å². The van der Waals surface area contributed by atoms with Crippen LogP contribution in [0.4, 0.5) is 4.39 Å². The molecule has 0 bridgehead atoms. The molecule has 0 fully saturated rings. The summed E-state index contributed by atoms with van der Waals surface area (Å²) < 4.78 is 18.3. The van der Waals surface area contributed by atoms with Gasteiger partial charge in [-0.2, -0.15) is 4.98 Å². The van der Waals surface area contributed by atoms with Gasteiger partial charge in [0.1, 0.15) is 22.0 Å². The van der Waals surface area contributed by atoms with E-state index in [1.165, 1.54) is 28.8 Å². The summed E-state index contributed by atoms with van der Waals surface area (Å²) in [5.41, 5.74) is 0.719. The first-order valence-electron chi connectivity index (χ1n) is 7.67. The van der Waals surface area contributed by atoms with E-state index < -0.39 is 0 Å². The van der Waals surface area contributed by atoms with Gasteiger partial charge in [-0.25, -0.2) is 14.4 Å². The Labute approximate surface area is 151 Å². The molecule has 5 nitrogen and oxygen atoms in total. The van der Waals surface area contributed by atoms with E-state index in [1.54, 1.807) is 29.8 Å². The van der Waals surface area contributed by atoms with Crippen LogP contribution in [-0.2, 0) is 12.2 Å². The molecular formula is C17H13FN4OS2. The van der Waals surface area contributed by atoms with Crippen molar-refractivity contribution in [3.05, 3.63) is 53.2 Å². The number of fused-ring (bicyclic) bond motifs is 1. The van der Waals surface area contributed by atoms with Gasteiger partial charge < -0.3 is 4.52 Å². The second-order valence-corrected chi connectivity index (χ2v) is 7.35. The second-order valence-electron chi connectivity index (χ2n) is 5.27. The van der Waals surface area contributed by atoms with E-state index in [0.717, 1.165) is 27.2 Å². The third-order valence-corrected chi connectivity index (χ3v) is 5.77. The zero-order valence-corrected chi connectivity index (χ0v) is 14.9. The minimum Gasteiger partial charge on any atom is -0.338 e. The molecule has 0 radical (unpaired) electrons. The average molecular weight is 372 g/mol. The van der Waals surface area contributed by atoms with E-state index in [0.29, 0.717) is 17.5 Å². The average Bonchev–Trinajstić information content (AvgIpc) is 3.27. The van der Waals surface area contributed by atoms with Gasteiger partial charge in [-0.05, 0) is 36.8 Å². The lowest BCUT2D eigenvalue weighted by Crippen LogP contribution is -1.86. The van der Waals surface area contributed by atoms with Crippen LogP contribution in [0.5, 0.6) is 0 Å². The summed E-state index contributed by atoms with van der Waals surface area (Å²) in [6, 6.07) is 8.14. The van der Waals surface area contributed by atoms with E-state index in [2.05, 4.69) is 33.1 Å². The van der Waals surface area contributed by atoms with Gasteiger partial charge in [-0.15, -0.1) is 11.3 Å². The van der Waals surface area contributed by atoms with Crippen molar-refractivity contribution in [1.82, 2.24) is 20.1 Å². The summed E-state index contributed by atoms with van der Waals surface area (Å²) in [6.07, 6.45) is 2.56. The molecule has 0 aliphatic carbocycles. The first kappa shape index (κ1) is 16.2. The molecule has 8 heteroatoms. The molecule has 126 valence electrons. The minimum absolute atomic E-state index is 0.294. The lowest BCUT2D eigenvalue weighted by atomic mass is 10.2. The highest BCUT2D eigenvalue weighted by atomic mass is 32.2. The van der Waals surface area contributed by atoms with Crippen LogP contribution in [0.3, 0.4) is 0 Å². The van der Waals surface area contributed by atoms with Gasteiger partial charge in [0.15, 0.2) is 0 Å². The number of halogens is 1. The second kappa shape index (κ2) is 6.89. The number of nitrogens with zero attached hydrogens (tertiary/aromatic N) is 4. The highest BCUT2D eigenvalue weighted by Crippen LogP contribution is 2.32. The number of hydrogen-bond donors (Lipinski definition) is 0. The third kappa shape index (κ3) is 3.40. The molecule has 25 heavy (non-hydrogen) atoms. The molecule has 0 saturated heterocycles. The molecule has 4 rings (SSSR count). The SMILES string of the molecule is CCc1cc2c(SCc3nc(-c4ccc(F)cc4)no3)ncnc2s1. The predicted octanol–water partition coefficient (Wildman–Crippen LogP) is 4.74. The van der Waals surface area contributed by atoms with Crippen LogP contribution >= 0.6 is 23.1 Å². The molecule has 0 amide bonds. The van der Waals surface area contributed by atoms with Crippen LogP contribution in [-0.4, -0.2) is 20.1 Å². The third-order valence-electron chi connectivity index (χ3n) is 3.60. The molecule has 4 aromatic rings. The first-order valence-corrected chi connectivity index (χ1v) is 9.48. The summed E-state index contributed by atoms with van der Waals surface area (Å²) in [4.78, 5) is 15.3. The Kier molecular flexibility index (Phi) is 4.46. The maximum atomic E-state index is 13.0. The topological polar surface area (TPSA) is 64.7 Å². The Hall–Kier alpha value is -2.32. The number of aryl methyl sites for hydroxylation is 1. The van der Waals surface area contributed by atoms with Crippen molar-refractivity contribution >= 4 is 33.3 Å². The number of rotatable bonds is 5. The molecule has 0 unspecified atom stereocenters. The zero-order valence-electron chi connectivity index (χ0n) is 13.3. The monoisotopic (exact) mass is 372 g/mol. The van der Waals surface area contributed by atoms with Gasteiger partial charge in [0.05, 0.1) is 5.75 Å². The molecule has 3 heterocycles. The summed E-state index contributed by atoms with van der Waals surface area (Å²) >= 11 is 3.23. The lowest BCUT2D eigenvalue weighted by molar-refractivity contribution is 0.391. The zero-order chi connectivity index (χ0) is 17.2. The van der Waals surface area contributed by atoms with Gasteiger partial charge in [-0.1, -0.05) is 23.8 Å². The Morgan fingerprint density at radius 3 is 2.84 bits per heavy atom. The maximum absolute atomic E-state index is 13.0. The predicted molar refractivity (Wildman–Crippen MR) is 96.0 cm³/mol. The van der Waals surface area contributed by atoms with Gasteiger partial charge in [-0.3, -0.25) is 0 Å². The normalized spacial score (nSPS) is 11.3. The lowest BCUT2D eigenvalue weighted by Gasteiger charge is -1.98. The standard InChI is InChI=1S/C17H13FN4OS2/c1-2-12-7-13-16(19-9-20-17(13)25-12)24-8-14-21-15(22-23-14)10-3-5-11(18)6-4-10/h3-7,9H,2,8H2,1H3. The summed E-state index contributed by atoms with van der Waals surface area (Å²) in [6.45, 7) is 2.13. The molecule has 0 spiro atoms. The van der Waals surface area contributed by atoms with Crippen molar-refractivity contribution in [2.75, 3.05) is 0 Å². The van der Waals surface area contributed by atoms with Crippen molar-refractivity contribution in [1.29, 1.82) is 0 Å². The molecule has 0 N–H and O–H groups in total. The van der Waals surface area contributed by atoms with Gasteiger partial charge >= 0.3 is 0 Å². The van der Waals surface area contributed by atoms with E-state index >= 15 is 0 Å². The molecule has 0 saturated carbocycles. The summed E-state index contributed by atoms with van der Waals surface area (Å²) in [5, 5.41) is 5.92. The number of benzene rings is 1. The fourth-order valence-corrected chi connectivity index (χ4v) is 4.14. The first-order chi connectivity index (χ1) is 12.2. The van der Waals surface area contributed by atoms with Crippen LogP contribution in [0.2, 0.25) is 0 Å². The molecule has 3 aromatic heterocycles. The Bertz CT molecular complexity index is 1010. The largest absolute Gasteiger partial charge is 0.338 e. The van der Waals surface area contributed by atoms with Crippen LogP contribution in [0.15, 0.2) is 46.2 Å². The van der Waals surface area contributed by atoms with E-state index in [-0.39, 0.29) is 5.82 Å². The van der Waals surface area contributed by atoms with Crippen molar-refractivity contribution in [3.63, 3.8) is 0 Å². The Morgan fingerprint density at radius 1 is 1.20 bits per heavy atom. The van der Waals surface area contributed by atoms with Gasteiger partial charge in [0.25, 0.3) is 0 Å². The van der Waals surface area contributed by atoms with E-state index in [9.17, 15) is 4.39 Å². The molecule has 1 aromatic carbocycles. The summed E-state index contributed by atoms with van der Waals surface area (Å²) in [5.74, 6) is 1.17. The number of aromatic nitrogens is 4. The molecular weight excluding hydrogens is 359 g/mol. The smallest absolute Gasteiger partial charge is 0.237 e. The fourth-order valence-electron chi connectivity index (χ4n) is 2.33. The number of hydrogen-bond acceptors (Lipinski definition) is 7. The Morgan fingerprint density at radius 2 is 2.04 bits per heavy atom. The highest BCUT2D eigenvalue weighted by Gasteiger charge is 2.12. The van der Waals surface area contributed by atoms with Crippen LogP contribution in [0.25, 0.3) is 21.6 Å². The van der Waals surface area contributed by atoms with Crippen LogP contribution < -0.4 is 0 Å². The van der Waals surface area contributed by atoms with Crippen LogP contribution in [0.1, 0.15) is 17.7 Å². The number of thiophene rings is 1. The molecule has 0 atom stereocenters. The molecule has 0 aliphatic rings. The van der Waals surface area contributed by atoms with Crippen LogP contribution in [0, 0.1) is 5.82 Å². The summed E-state index contributed by atoms with van der Waals surface area (Å²) in [7, 11) is 0. The van der Waals surface area contributed by atoms with Gasteiger partial charge in [0.2, 0.25) is 11.7 Å². The van der Waals surface area contributed by atoms with E-state index in [4.69, 9.17) is 4.52 Å². The Balaban J connectivity index is 1.52. The van der Waals surface area contributed by atoms with Crippen molar-refractivity contribution in [3.8, 4) is 11.4 Å². The quantitative estimate of drug-likeness (QED) is 0.373. The van der Waals surface area contributed by atoms with Gasteiger partial charge in [0, 0.05) is 15.8 Å². The van der Waals surface area contributed by atoms with Crippen molar-refractivity contribution in [2.24, 2.45) is 0 Å². The minimum atomic E-state index is -0.294. The fraction of sp³-hybridized carbons (Fsp3) is 0.176. The maximum Gasteiger partial charge on any atom is 0.237 e. The van der Waals surface area contributed by atoms with Crippen molar-refractivity contribution in [2.45, 2.75) is 24.1 Å². The highest BCUT2D eigenvalue weighted by molar-refractivity contribution is 7.98.